The predicted molar refractivity (Wildman–Crippen MR) is 82.8 cm³/mol. The minimum absolute atomic E-state index is 0.156. The Morgan fingerprint density at radius 2 is 1.95 bits per heavy atom. The molecule has 1 unspecified atom stereocenters. The van der Waals surface area contributed by atoms with Crippen molar-refractivity contribution in [3.05, 3.63) is 29.8 Å². The lowest BCUT2D eigenvalue weighted by molar-refractivity contribution is -0.140. The number of ether oxygens (including phenoxy) is 2. The zero-order chi connectivity index (χ0) is 15.5. The van der Waals surface area contributed by atoms with Crippen LogP contribution < -0.4 is 4.74 Å². The van der Waals surface area contributed by atoms with Gasteiger partial charge in [-0.25, -0.2) is 0 Å². The minimum Gasteiger partial charge on any atom is -0.481 e. The molecule has 0 spiro atoms. The number of hydrogen-bond donors (Lipinski definition) is 0. The van der Waals surface area contributed by atoms with Crippen LogP contribution in [0.1, 0.15) is 38.2 Å². The zero-order valence-corrected chi connectivity index (χ0v) is 12.7. The molecule has 1 aromatic carbocycles. The smallest absolute Gasteiger partial charge is 0.307 e. The van der Waals surface area contributed by atoms with Crippen LogP contribution >= 0.6 is 0 Å². The van der Waals surface area contributed by atoms with Crippen molar-refractivity contribution < 1.29 is 14.3 Å². The summed E-state index contributed by atoms with van der Waals surface area (Å²) in [6.07, 6.45) is 1.08. The largest absolute Gasteiger partial charge is 0.481 e. The van der Waals surface area contributed by atoms with Gasteiger partial charge in [-0.2, -0.15) is 0 Å². The van der Waals surface area contributed by atoms with Gasteiger partial charge in [0.05, 0.1) is 19.4 Å². The molecule has 0 radical (unpaired) electrons. The highest BCUT2D eigenvalue weighted by Gasteiger charge is 2.14. The van der Waals surface area contributed by atoms with Gasteiger partial charge in [0.2, 0.25) is 0 Å². The van der Waals surface area contributed by atoms with Crippen molar-refractivity contribution in [2.24, 2.45) is 0 Å². The number of esters is 1. The molecule has 1 atom stereocenters. The van der Waals surface area contributed by atoms with E-state index in [1.165, 1.54) is 7.11 Å². The maximum atomic E-state index is 11.4. The van der Waals surface area contributed by atoms with Crippen LogP contribution in [0.5, 0.6) is 5.75 Å². The predicted octanol–water partition coefficient (Wildman–Crippen LogP) is 3.15. The summed E-state index contributed by atoms with van der Waals surface area (Å²) >= 11 is 0. The molecule has 0 aromatic heterocycles. The van der Waals surface area contributed by atoms with Crippen LogP contribution in [0.4, 0.5) is 0 Å². The Kier molecular flexibility index (Phi) is 7.54. The number of methoxy groups -OCH3 is 1. The summed E-state index contributed by atoms with van der Waals surface area (Å²) < 4.78 is 10.2. The topological polar surface area (TPSA) is 35.5 Å². The molecule has 1 rings (SSSR count). The van der Waals surface area contributed by atoms with Crippen LogP contribution in [0.3, 0.4) is 0 Å². The van der Waals surface area contributed by atoms with Gasteiger partial charge in [0.25, 0.3) is 0 Å². The van der Waals surface area contributed by atoms with E-state index in [4.69, 9.17) is 9.47 Å². The van der Waals surface area contributed by atoms with E-state index in [1.807, 2.05) is 31.2 Å². The standard InChI is InChI=1S/C18H20O3/c1-4-6-7-13-21-17-11-9-15(10-12-17)16(8-5-2)14-18(19)20-3/h9-12,16H,4,13-14H2,1-3H3. The van der Waals surface area contributed by atoms with Crippen molar-refractivity contribution in [1.82, 2.24) is 0 Å². The Morgan fingerprint density at radius 1 is 1.24 bits per heavy atom. The van der Waals surface area contributed by atoms with Crippen LogP contribution in [-0.2, 0) is 9.53 Å². The second kappa shape index (κ2) is 9.50. The first kappa shape index (κ1) is 16.7. The van der Waals surface area contributed by atoms with Crippen molar-refractivity contribution in [3.8, 4) is 29.4 Å². The van der Waals surface area contributed by atoms with E-state index in [0.717, 1.165) is 17.7 Å². The van der Waals surface area contributed by atoms with E-state index in [0.29, 0.717) is 6.61 Å². The first-order valence-corrected chi connectivity index (χ1v) is 6.88. The normalized spacial score (nSPS) is 10.4. The second-order valence-electron chi connectivity index (χ2n) is 4.29. The molecule has 110 valence electrons. The summed E-state index contributed by atoms with van der Waals surface area (Å²) in [6.45, 7) is 4.14. The van der Waals surface area contributed by atoms with Crippen LogP contribution in [0, 0.1) is 23.7 Å². The number of carbonyl (C=O) groups is 1. The summed E-state index contributed by atoms with van der Waals surface area (Å²) in [5.41, 5.74) is 0.974. The molecule has 0 heterocycles. The van der Waals surface area contributed by atoms with Gasteiger partial charge in [-0.05, 0) is 24.6 Å². The molecule has 0 N–H and O–H groups in total. The Bertz CT molecular complexity index is 564. The van der Waals surface area contributed by atoms with Gasteiger partial charge in [-0.15, -0.1) is 11.8 Å². The number of carbonyl (C=O) groups excluding carboxylic acids is 1. The fourth-order valence-corrected chi connectivity index (χ4v) is 1.77. The van der Waals surface area contributed by atoms with E-state index in [9.17, 15) is 4.79 Å². The molecule has 0 aliphatic rings. The van der Waals surface area contributed by atoms with E-state index in [-0.39, 0.29) is 18.3 Å². The third-order valence-electron chi connectivity index (χ3n) is 2.81. The molecule has 0 fully saturated rings. The highest BCUT2D eigenvalue weighted by Crippen LogP contribution is 2.22. The van der Waals surface area contributed by atoms with Gasteiger partial charge < -0.3 is 9.47 Å². The van der Waals surface area contributed by atoms with Gasteiger partial charge in [0.15, 0.2) is 0 Å². The third kappa shape index (κ3) is 6.06. The van der Waals surface area contributed by atoms with Crippen molar-refractivity contribution in [2.45, 2.75) is 32.6 Å². The molecule has 0 saturated heterocycles. The lowest BCUT2D eigenvalue weighted by atomic mass is 9.96. The third-order valence-corrected chi connectivity index (χ3v) is 2.81. The van der Waals surface area contributed by atoms with E-state index in [1.54, 1.807) is 6.92 Å². The molecule has 0 amide bonds. The second-order valence-corrected chi connectivity index (χ2v) is 4.29. The first-order chi connectivity index (χ1) is 10.2. The molecule has 3 heteroatoms. The average Bonchev–Trinajstić information content (AvgIpc) is 2.51. The molecule has 21 heavy (non-hydrogen) atoms. The van der Waals surface area contributed by atoms with E-state index >= 15 is 0 Å². The molecule has 3 nitrogen and oxygen atoms in total. The van der Waals surface area contributed by atoms with Crippen LogP contribution in [0.25, 0.3) is 0 Å². The van der Waals surface area contributed by atoms with Crippen molar-refractivity contribution in [2.75, 3.05) is 13.7 Å². The lowest BCUT2D eigenvalue weighted by Crippen LogP contribution is -2.07. The quantitative estimate of drug-likeness (QED) is 0.615. The van der Waals surface area contributed by atoms with Crippen molar-refractivity contribution >= 4 is 5.97 Å². The van der Waals surface area contributed by atoms with Crippen LogP contribution in [0.15, 0.2) is 24.3 Å². The molecule has 1 aromatic rings. The Hall–Kier alpha value is -2.39. The van der Waals surface area contributed by atoms with Gasteiger partial charge >= 0.3 is 5.97 Å². The summed E-state index contributed by atoms with van der Waals surface area (Å²) in [5, 5.41) is 0. The van der Waals surface area contributed by atoms with E-state index in [2.05, 4.69) is 23.7 Å². The Balaban J connectivity index is 2.72. The molecular formula is C18H20O3. The van der Waals surface area contributed by atoms with Crippen molar-refractivity contribution in [1.29, 1.82) is 0 Å². The van der Waals surface area contributed by atoms with Gasteiger partial charge in [0.1, 0.15) is 12.4 Å². The Morgan fingerprint density at radius 3 is 2.52 bits per heavy atom. The summed E-state index contributed by atoms with van der Waals surface area (Å²) in [4.78, 5) is 11.4. The number of rotatable bonds is 5. The SMILES string of the molecule is CC#CC(CC(=O)OC)c1ccc(OCC#CCC)cc1. The number of benzene rings is 1. The molecule has 0 bridgehead atoms. The Labute approximate surface area is 126 Å². The van der Waals surface area contributed by atoms with Gasteiger partial charge in [0, 0.05) is 6.42 Å². The monoisotopic (exact) mass is 284 g/mol. The van der Waals surface area contributed by atoms with Crippen molar-refractivity contribution in [3.63, 3.8) is 0 Å². The van der Waals surface area contributed by atoms with Gasteiger partial charge in [-0.3, -0.25) is 4.79 Å². The first-order valence-electron chi connectivity index (χ1n) is 6.88. The summed E-state index contributed by atoms with van der Waals surface area (Å²) in [6, 6.07) is 7.57. The minimum atomic E-state index is -0.266. The van der Waals surface area contributed by atoms with Crippen LogP contribution in [0.2, 0.25) is 0 Å². The fraction of sp³-hybridized carbons (Fsp3) is 0.389. The molecule has 0 aliphatic heterocycles. The summed E-state index contributed by atoms with van der Waals surface area (Å²) in [7, 11) is 1.38. The molecular weight excluding hydrogens is 264 g/mol. The number of hydrogen-bond acceptors (Lipinski definition) is 3. The average molecular weight is 284 g/mol. The highest BCUT2D eigenvalue weighted by molar-refractivity contribution is 5.71. The van der Waals surface area contributed by atoms with Crippen LogP contribution in [-0.4, -0.2) is 19.7 Å². The summed E-state index contributed by atoms with van der Waals surface area (Å²) in [5.74, 6) is 12.1. The van der Waals surface area contributed by atoms with Gasteiger partial charge in [-0.1, -0.05) is 30.9 Å². The zero-order valence-electron chi connectivity index (χ0n) is 12.7. The fourth-order valence-electron chi connectivity index (χ4n) is 1.77. The maximum Gasteiger partial charge on any atom is 0.307 e. The molecule has 0 aliphatic carbocycles. The highest BCUT2D eigenvalue weighted by atomic mass is 16.5. The lowest BCUT2D eigenvalue weighted by Gasteiger charge is -2.10. The van der Waals surface area contributed by atoms with E-state index < -0.39 is 0 Å². The molecule has 0 saturated carbocycles. The maximum absolute atomic E-state index is 11.4.